The van der Waals surface area contributed by atoms with Crippen molar-refractivity contribution in [2.24, 2.45) is 11.8 Å². The van der Waals surface area contributed by atoms with E-state index in [0.717, 1.165) is 30.7 Å². The predicted molar refractivity (Wildman–Crippen MR) is 91.4 cm³/mol. The Kier molecular flexibility index (Phi) is 5.53. The van der Waals surface area contributed by atoms with Gasteiger partial charge >= 0.3 is 0 Å². The lowest BCUT2D eigenvalue weighted by atomic mass is 10.0. The molecular weight excluding hydrogens is 286 g/mol. The van der Waals surface area contributed by atoms with Gasteiger partial charge in [0.1, 0.15) is 12.4 Å². The van der Waals surface area contributed by atoms with Gasteiger partial charge in [0.25, 0.3) is 0 Å². The molecule has 0 amide bonds. The summed E-state index contributed by atoms with van der Waals surface area (Å²) >= 11 is 0. The van der Waals surface area contributed by atoms with E-state index in [9.17, 15) is 0 Å². The largest absolute Gasteiger partial charge is 0.492 e. The molecule has 1 aromatic carbocycles. The molecule has 2 aliphatic rings. The first-order valence-corrected chi connectivity index (χ1v) is 8.86. The van der Waals surface area contributed by atoms with E-state index in [1.165, 1.54) is 45.6 Å². The summed E-state index contributed by atoms with van der Waals surface area (Å²) in [5.74, 6) is 2.58. The van der Waals surface area contributed by atoms with Crippen LogP contribution in [0.5, 0.6) is 5.75 Å². The first kappa shape index (κ1) is 16.3. The molecule has 23 heavy (non-hydrogen) atoms. The Morgan fingerprint density at radius 3 is 2.22 bits per heavy atom. The van der Waals surface area contributed by atoms with Crippen LogP contribution < -0.4 is 4.74 Å². The summed E-state index contributed by atoms with van der Waals surface area (Å²) < 4.78 is 5.80. The second-order valence-corrected chi connectivity index (χ2v) is 6.88. The lowest BCUT2D eigenvalue weighted by Gasteiger charge is -2.21. The zero-order valence-electron chi connectivity index (χ0n) is 14.1. The number of nitrogens with zero attached hydrogens (tertiary/aromatic N) is 3. The molecule has 0 radical (unpaired) electrons. The molecule has 2 fully saturated rings. The van der Waals surface area contributed by atoms with Gasteiger partial charge in [0, 0.05) is 32.7 Å². The van der Waals surface area contributed by atoms with Crippen molar-refractivity contribution in [2.45, 2.75) is 19.8 Å². The lowest BCUT2D eigenvalue weighted by molar-refractivity contribution is 0.211. The molecule has 2 aliphatic heterocycles. The van der Waals surface area contributed by atoms with Crippen LogP contribution in [0.4, 0.5) is 0 Å². The summed E-state index contributed by atoms with van der Waals surface area (Å²) in [5.41, 5.74) is 0.678. The number of hydrogen-bond acceptors (Lipinski definition) is 4. The number of fused-ring (bicyclic) bond motifs is 1. The fraction of sp³-hybridized carbons (Fsp3) is 0.632. The molecule has 0 spiro atoms. The van der Waals surface area contributed by atoms with Gasteiger partial charge in [0.2, 0.25) is 0 Å². The fourth-order valence-electron chi connectivity index (χ4n) is 3.85. The summed E-state index contributed by atoms with van der Waals surface area (Å²) in [6.07, 6.45) is 2.63. The Bertz CT molecular complexity index is 523. The molecule has 2 heterocycles. The minimum absolute atomic E-state index is 0.678. The van der Waals surface area contributed by atoms with Crippen LogP contribution in [0.3, 0.4) is 0 Å². The molecule has 124 valence electrons. The maximum atomic E-state index is 8.79. The molecular formula is C19H27N3O. The summed E-state index contributed by atoms with van der Waals surface area (Å²) in [6.45, 7) is 10.3. The first-order chi connectivity index (χ1) is 11.3. The Morgan fingerprint density at radius 1 is 1.04 bits per heavy atom. The average Bonchev–Trinajstić information content (AvgIpc) is 3.11. The van der Waals surface area contributed by atoms with Crippen molar-refractivity contribution in [3.8, 4) is 11.8 Å². The molecule has 0 bridgehead atoms. The molecule has 4 nitrogen and oxygen atoms in total. The van der Waals surface area contributed by atoms with Crippen molar-refractivity contribution in [2.75, 3.05) is 45.9 Å². The van der Waals surface area contributed by atoms with Gasteiger partial charge in [-0.1, -0.05) is 13.3 Å². The molecule has 1 aromatic rings. The number of benzene rings is 1. The van der Waals surface area contributed by atoms with Crippen LogP contribution in [0.2, 0.25) is 0 Å². The molecule has 2 saturated heterocycles. The fourth-order valence-corrected chi connectivity index (χ4v) is 3.85. The van der Waals surface area contributed by atoms with Gasteiger partial charge < -0.3 is 9.64 Å². The second-order valence-electron chi connectivity index (χ2n) is 6.88. The molecule has 2 atom stereocenters. The number of ether oxygens (including phenoxy) is 1. The quantitative estimate of drug-likeness (QED) is 0.776. The Labute approximate surface area is 139 Å². The maximum Gasteiger partial charge on any atom is 0.119 e. The van der Waals surface area contributed by atoms with Crippen LogP contribution in [0.1, 0.15) is 25.3 Å². The normalized spacial score (nSPS) is 24.5. The highest BCUT2D eigenvalue weighted by Gasteiger charge is 2.39. The zero-order valence-corrected chi connectivity index (χ0v) is 14.1. The first-order valence-electron chi connectivity index (χ1n) is 8.86. The smallest absolute Gasteiger partial charge is 0.119 e. The third-order valence-corrected chi connectivity index (χ3v) is 5.13. The third kappa shape index (κ3) is 4.25. The Hall–Kier alpha value is -1.57. The Balaban J connectivity index is 1.36. The van der Waals surface area contributed by atoms with Gasteiger partial charge in [0.05, 0.1) is 11.6 Å². The SMILES string of the molecule is CCCCN1CC2CN(CCOc3ccc(C#N)cc3)CC2C1. The molecule has 2 unspecified atom stereocenters. The molecule has 0 N–H and O–H groups in total. The standard InChI is InChI=1S/C19H27N3O/c1-2-3-8-21-12-17-14-22(15-18(17)13-21)9-10-23-19-6-4-16(11-20)5-7-19/h4-7,17-18H,2-3,8-10,12-15H2,1H3. The Morgan fingerprint density at radius 2 is 1.65 bits per heavy atom. The zero-order chi connectivity index (χ0) is 16.1. The number of rotatable bonds is 7. The highest BCUT2D eigenvalue weighted by atomic mass is 16.5. The minimum Gasteiger partial charge on any atom is -0.492 e. The van der Waals surface area contributed by atoms with E-state index in [0.29, 0.717) is 5.56 Å². The van der Waals surface area contributed by atoms with Gasteiger partial charge in [-0.25, -0.2) is 0 Å². The number of unbranched alkanes of at least 4 members (excludes halogenated alkanes) is 1. The highest BCUT2D eigenvalue weighted by Crippen LogP contribution is 2.30. The van der Waals surface area contributed by atoms with Crippen LogP contribution in [0.15, 0.2) is 24.3 Å². The van der Waals surface area contributed by atoms with Crippen LogP contribution in [-0.4, -0.2) is 55.7 Å². The van der Waals surface area contributed by atoms with Gasteiger partial charge in [-0.15, -0.1) is 0 Å². The van der Waals surface area contributed by atoms with Crippen molar-refractivity contribution in [3.05, 3.63) is 29.8 Å². The summed E-state index contributed by atoms with van der Waals surface area (Å²) in [4.78, 5) is 5.21. The van der Waals surface area contributed by atoms with Gasteiger partial charge in [-0.05, 0) is 49.1 Å². The summed E-state index contributed by atoms with van der Waals surface area (Å²) in [5, 5.41) is 8.79. The van der Waals surface area contributed by atoms with Crippen LogP contribution in [-0.2, 0) is 0 Å². The number of hydrogen-bond donors (Lipinski definition) is 0. The van der Waals surface area contributed by atoms with Crippen molar-refractivity contribution in [1.29, 1.82) is 5.26 Å². The van der Waals surface area contributed by atoms with Gasteiger partial charge in [-0.2, -0.15) is 5.26 Å². The molecule has 0 aromatic heterocycles. The van der Waals surface area contributed by atoms with E-state index in [1.54, 1.807) is 12.1 Å². The van der Waals surface area contributed by atoms with Crippen molar-refractivity contribution in [1.82, 2.24) is 9.80 Å². The van der Waals surface area contributed by atoms with E-state index in [4.69, 9.17) is 10.00 Å². The van der Waals surface area contributed by atoms with Gasteiger partial charge in [0.15, 0.2) is 0 Å². The lowest BCUT2D eigenvalue weighted by Crippen LogP contribution is -2.31. The van der Waals surface area contributed by atoms with Crippen molar-refractivity contribution < 1.29 is 4.74 Å². The summed E-state index contributed by atoms with van der Waals surface area (Å²) in [7, 11) is 0. The maximum absolute atomic E-state index is 8.79. The van der Waals surface area contributed by atoms with Crippen LogP contribution in [0, 0.1) is 23.2 Å². The predicted octanol–water partition coefficient (Wildman–Crippen LogP) is 2.60. The van der Waals surface area contributed by atoms with Crippen molar-refractivity contribution in [3.63, 3.8) is 0 Å². The van der Waals surface area contributed by atoms with Gasteiger partial charge in [-0.3, -0.25) is 4.90 Å². The molecule has 0 saturated carbocycles. The number of nitriles is 1. The van der Waals surface area contributed by atoms with E-state index < -0.39 is 0 Å². The highest BCUT2D eigenvalue weighted by molar-refractivity contribution is 5.34. The van der Waals surface area contributed by atoms with E-state index in [2.05, 4.69) is 22.8 Å². The van der Waals surface area contributed by atoms with E-state index >= 15 is 0 Å². The molecule has 0 aliphatic carbocycles. The van der Waals surface area contributed by atoms with E-state index in [1.807, 2.05) is 12.1 Å². The van der Waals surface area contributed by atoms with E-state index in [-0.39, 0.29) is 0 Å². The minimum atomic E-state index is 0.678. The molecule has 4 heteroatoms. The topological polar surface area (TPSA) is 39.5 Å². The average molecular weight is 313 g/mol. The summed E-state index contributed by atoms with van der Waals surface area (Å²) in [6, 6.07) is 9.49. The second kappa shape index (κ2) is 7.81. The van der Waals surface area contributed by atoms with Crippen molar-refractivity contribution >= 4 is 0 Å². The molecule has 3 rings (SSSR count). The monoisotopic (exact) mass is 313 g/mol. The van der Waals surface area contributed by atoms with Crippen LogP contribution in [0.25, 0.3) is 0 Å². The third-order valence-electron chi connectivity index (χ3n) is 5.13. The van der Waals surface area contributed by atoms with Crippen LogP contribution >= 0.6 is 0 Å². The number of likely N-dealkylation sites (tertiary alicyclic amines) is 2.